The van der Waals surface area contributed by atoms with Gasteiger partial charge in [0, 0.05) is 22.2 Å². The summed E-state index contributed by atoms with van der Waals surface area (Å²) in [6.45, 7) is 4.24. The highest BCUT2D eigenvalue weighted by Crippen LogP contribution is 2.34. The molecule has 1 aromatic heterocycles. The van der Waals surface area contributed by atoms with Crippen LogP contribution in [0.15, 0.2) is 41.6 Å². The molecule has 2 aromatic rings. The molecule has 0 aliphatic heterocycles. The number of methoxy groups -OCH3 is 1. The van der Waals surface area contributed by atoms with E-state index in [0.717, 1.165) is 10.9 Å². The normalized spacial score (nSPS) is 14.8. The van der Waals surface area contributed by atoms with Crippen molar-refractivity contribution in [3.05, 3.63) is 47.1 Å². The quantitative estimate of drug-likeness (QED) is 0.503. The predicted molar refractivity (Wildman–Crippen MR) is 91.8 cm³/mol. The molecule has 2 unspecified atom stereocenters. The van der Waals surface area contributed by atoms with Crippen molar-refractivity contribution >= 4 is 28.6 Å². The van der Waals surface area contributed by atoms with Gasteiger partial charge in [0.25, 0.3) is 0 Å². The molecule has 0 aliphatic carbocycles. The highest BCUT2D eigenvalue weighted by molar-refractivity contribution is 8.02. The number of hydrogen-bond acceptors (Lipinski definition) is 5. The number of aromatic nitrogens is 1. The molecule has 0 saturated carbocycles. The van der Waals surface area contributed by atoms with Crippen LogP contribution >= 0.6 is 11.8 Å². The molecule has 0 saturated heterocycles. The molecule has 0 amide bonds. The molecular formula is C16H21N3O2S. The van der Waals surface area contributed by atoms with E-state index in [1.807, 2.05) is 24.4 Å². The Hall–Kier alpha value is -2.08. The molecular weight excluding hydrogens is 298 g/mol. The Balaban J connectivity index is 2.19. The molecule has 4 N–H and O–H groups in total. The summed E-state index contributed by atoms with van der Waals surface area (Å²) in [5, 5.41) is 3.03. The second-order valence-electron chi connectivity index (χ2n) is 5.20. The summed E-state index contributed by atoms with van der Waals surface area (Å²) in [5.74, 6) is 5.75. The van der Waals surface area contributed by atoms with Gasteiger partial charge in [-0.3, -0.25) is 4.68 Å². The standard InChI is InChI=1S/C16H21N3O2S/c1-10(11(2)22-9-14(17)16(20)21-3)13-8-19(18)15-7-5-4-6-12(13)15/h4-11H,17-18H2,1-3H3/b14-9-. The van der Waals surface area contributed by atoms with Crippen molar-refractivity contribution in [1.29, 1.82) is 0 Å². The van der Waals surface area contributed by atoms with E-state index < -0.39 is 5.97 Å². The Bertz CT molecular complexity index is 708. The number of carbonyl (C=O) groups excluding carboxylic acids is 1. The lowest BCUT2D eigenvalue weighted by molar-refractivity contribution is -0.136. The van der Waals surface area contributed by atoms with Crippen LogP contribution in [0.5, 0.6) is 0 Å². The van der Waals surface area contributed by atoms with Crippen LogP contribution in [0.1, 0.15) is 25.3 Å². The van der Waals surface area contributed by atoms with Crippen LogP contribution in [-0.2, 0) is 9.53 Å². The SMILES string of the molecule is COC(=O)/C(N)=C/SC(C)C(C)c1cn(N)c2ccccc12. The molecule has 118 valence electrons. The number of carbonyl (C=O) groups is 1. The first kappa shape index (κ1) is 16.3. The van der Waals surface area contributed by atoms with Crippen LogP contribution in [0.2, 0.25) is 0 Å². The van der Waals surface area contributed by atoms with Gasteiger partial charge in [-0.05, 0) is 17.5 Å². The molecule has 0 aliphatic rings. The first-order valence-electron chi connectivity index (χ1n) is 7.00. The van der Waals surface area contributed by atoms with E-state index in [1.54, 1.807) is 10.1 Å². The number of nitrogens with two attached hydrogens (primary N) is 2. The first-order chi connectivity index (χ1) is 10.5. The summed E-state index contributed by atoms with van der Waals surface area (Å²) in [6, 6.07) is 8.04. The van der Waals surface area contributed by atoms with Gasteiger partial charge in [-0.2, -0.15) is 0 Å². The maximum Gasteiger partial charge on any atom is 0.354 e. The molecule has 0 spiro atoms. The minimum absolute atomic E-state index is 0.118. The zero-order chi connectivity index (χ0) is 16.3. The average molecular weight is 319 g/mol. The number of hydrogen-bond donors (Lipinski definition) is 2. The van der Waals surface area contributed by atoms with Crippen molar-refractivity contribution in [3.8, 4) is 0 Å². The number of fused-ring (bicyclic) bond motifs is 1. The largest absolute Gasteiger partial charge is 0.464 e. The van der Waals surface area contributed by atoms with Crippen LogP contribution in [0.4, 0.5) is 0 Å². The number of nitrogens with zero attached hydrogens (tertiary/aromatic N) is 1. The summed E-state index contributed by atoms with van der Waals surface area (Å²) >= 11 is 1.51. The van der Waals surface area contributed by atoms with E-state index in [2.05, 4.69) is 24.7 Å². The maximum atomic E-state index is 11.3. The minimum atomic E-state index is -0.508. The van der Waals surface area contributed by atoms with Crippen molar-refractivity contribution in [2.45, 2.75) is 25.0 Å². The van der Waals surface area contributed by atoms with Crippen LogP contribution < -0.4 is 11.6 Å². The molecule has 0 radical (unpaired) electrons. The monoisotopic (exact) mass is 319 g/mol. The lowest BCUT2D eigenvalue weighted by atomic mass is 9.98. The second-order valence-corrected chi connectivity index (χ2v) is 6.45. The summed E-state index contributed by atoms with van der Waals surface area (Å²) in [4.78, 5) is 11.3. The van der Waals surface area contributed by atoms with E-state index >= 15 is 0 Å². The van der Waals surface area contributed by atoms with E-state index in [1.165, 1.54) is 24.4 Å². The third-order valence-electron chi connectivity index (χ3n) is 3.80. The Morgan fingerprint density at radius 3 is 2.73 bits per heavy atom. The fourth-order valence-electron chi connectivity index (χ4n) is 2.31. The minimum Gasteiger partial charge on any atom is -0.464 e. The Labute approximate surface area is 134 Å². The molecule has 2 atom stereocenters. The lowest BCUT2D eigenvalue weighted by Crippen LogP contribution is -2.13. The first-order valence-corrected chi connectivity index (χ1v) is 7.94. The van der Waals surface area contributed by atoms with Gasteiger partial charge in [-0.1, -0.05) is 32.0 Å². The van der Waals surface area contributed by atoms with Gasteiger partial charge >= 0.3 is 5.97 Å². The number of esters is 1. The smallest absolute Gasteiger partial charge is 0.354 e. The van der Waals surface area contributed by atoms with Crippen molar-refractivity contribution in [2.75, 3.05) is 13.0 Å². The predicted octanol–water partition coefficient (Wildman–Crippen LogP) is 2.55. The van der Waals surface area contributed by atoms with E-state index in [-0.39, 0.29) is 16.9 Å². The molecule has 0 fully saturated rings. The van der Waals surface area contributed by atoms with Gasteiger partial charge in [0.2, 0.25) is 0 Å². The molecule has 1 heterocycles. The third kappa shape index (κ3) is 3.22. The summed E-state index contributed by atoms with van der Waals surface area (Å²) in [6.07, 6.45) is 1.96. The van der Waals surface area contributed by atoms with Crippen molar-refractivity contribution in [3.63, 3.8) is 0 Å². The van der Waals surface area contributed by atoms with Crippen molar-refractivity contribution in [2.24, 2.45) is 5.73 Å². The number of para-hydroxylation sites is 1. The van der Waals surface area contributed by atoms with Crippen molar-refractivity contribution in [1.82, 2.24) is 4.68 Å². The van der Waals surface area contributed by atoms with Crippen LogP contribution in [-0.4, -0.2) is 23.0 Å². The van der Waals surface area contributed by atoms with Gasteiger partial charge in [0.05, 0.1) is 12.6 Å². The maximum absolute atomic E-state index is 11.3. The van der Waals surface area contributed by atoms with Crippen LogP contribution in [0.3, 0.4) is 0 Å². The summed E-state index contributed by atoms with van der Waals surface area (Å²) in [5.41, 5.74) is 7.96. The van der Waals surface area contributed by atoms with Gasteiger partial charge in [-0.25, -0.2) is 4.79 Å². The third-order valence-corrected chi connectivity index (χ3v) is 5.02. The molecule has 0 bridgehead atoms. The van der Waals surface area contributed by atoms with Gasteiger partial charge < -0.3 is 16.3 Å². The molecule has 1 aromatic carbocycles. The van der Waals surface area contributed by atoms with Crippen LogP contribution in [0.25, 0.3) is 10.9 Å². The van der Waals surface area contributed by atoms with Crippen molar-refractivity contribution < 1.29 is 9.53 Å². The fourth-order valence-corrected chi connectivity index (χ4v) is 3.15. The second kappa shape index (κ2) is 6.79. The van der Waals surface area contributed by atoms with Crippen LogP contribution in [0, 0.1) is 0 Å². The van der Waals surface area contributed by atoms with Gasteiger partial charge in [-0.15, -0.1) is 11.8 Å². The number of benzene rings is 1. The lowest BCUT2D eigenvalue weighted by Gasteiger charge is -2.17. The highest BCUT2D eigenvalue weighted by Gasteiger charge is 2.19. The fraction of sp³-hybridized carbons (Fsp3) is 0.312. The van der Waals surface area contributed by atoms with Gasteiger partial charge in [0.15, 0.2) is 0 Å². The summed E-state index contributed by atoms with van der Waals surface area (Å²) < 4.78 is 6.23. The van der Waals surface area contributed by atoms with E-state index in [4.69, 9.17) is 11.6 Å². The molecule has 22 heavy (non-hydrogen) atoms. The van der Waals surface area contributed by atoms with E-state index in [9.17, 15) is 4.79 Å². The van der Waals surface area contributed by atoms with Gasteiger partial charge in [0.1, 0.15) is 5.70 Å². The Kier molecular flexibility index (Phi) is 5.03. The number of rotatable bonds is 5. The number of ether oxygens (including phenoxy) is 1. The zero-order valence-corrected chi connectivity index (χ0v) is 13.8. The molecule has 2 rings (SSSR count). The Morgan fingerprint density at radius 2 is 2.05 bits per heavy atom. The number of thioether (sulfide) groups is 1. The zero-order valence-electron chi connectivity index (χ0n) is 12.9. The topological polar surface area (TPSA) is 83.3 Å². The van der Waals surface area contributed by atoms with E-state index in [0.29, 0.717) is 0 Å². The molecule has 5 nitrogen and oxygen atoms in total. The summed E-state index contributed by atoms with van der Waals surface area (Å²) in [7, 11) is 1.32. The molecule has 6 heteroatoms. The highest BCUT2D eigenvalue weighted by atomic mass is 32.2. The number of nitrogen functional groups attached to an aromatic ring is 1. The average Bonchev–Trinajstić information content (AvgIpc) is 2.88. The Morgan fingerprint density at radius 1 is 1.36 bits per heavy atom.